The molecule has 0 atom stereocenters. The molecule has 0 aromatic carbocycles. The summed E-state index contributed by atoms with van der Waals surface area (Å²) in [4.78, 5) is 27.1. The highest BCUT2D eigenvalue weighted by molar-refractivity contribution is 5.92. The monoisotopic (exact) mass is 313 g/mol. The maximum Gasteiger partial charge on any atom is 0.270 e. The number of carbonyl (C=O) groups is 1. The molecule has 0 aliphatic rings. The van der Waals surface area contributed by atoms with Crippen molar-refractivity contribution in [2.45, 2.75) is 33.2 Å². The summed E-state index contributed by atoms with van der Waals surface area (Å²) >= 11 is 0. The number of pyridine rings is 1. The Bertz CT molecular complexity index is 645. The van der Waals surface area contributed by atoms with E-state index in [4.69, 9.17) is 0 Å². The molecule has 0 unspecified atom stereocenters. The normalized spacial score (nSPS) is 10.4. The molecule has 0 aliphatic heterocycles. The maximum absolute atomic E-state index is 12.3. The second kappa shape index (κ2) is 8.22. The number of rotatable bonds is 7. The van der Waals surface area contributed by atoms with Crippen molar-refractivity contribution < 1.29 is 4.79 Å². The molecule has 1 amide bonds. The van der Waals surface area contributed by atoms with Gasteiger partial charge in [-0.3, -0.25) is 9.78 Å². The van der Waals surface area contributed by atoms with Crippen molar-refractivity contribution in [3.05, 3.63) is 47.5 Å². The Morgan fingerprint density at radius 3 is 2.87 bits per heavy atom. The van der Waals surface area contributed by atoms with Gasteiger partial charge in [-0.05, 0) is 31.0 Å². The lowest BCUT2D eigenvalue weighted by Gasteiger charge is -2.17. The van der Waals surface area contributed by atoms with Crippen LogP contribution in [0.1, 0.15) is 41.5 Å². The Balaban J connectivity index is 2.06. The van der Waals surface area contributed by atoms with Gasteiger partial charge < -0.3 is 10.2 Å². The van der Waals surface area contributed by atoms with Crippen molar-refractivity contribution in [3.63, 3.8) is 0 Å². The van der Waals surface area contributed by atoms with Crippen LogP contribution in [0.4, 0.5) is 5.95 Å². The fraction of sp³-hybridized carbons (Fsp3) is 0.412. The van der Waals surface area contributed by atoms with Gasteiger partial charge in [0.15, 0.2) is 0 Å². The van der Waals surface area contributed by atoms with Crippen LogP contribution in [0.25, 0.3) is 0 Å². The van der Waals surface area contributed by atoms with Gasteiger partial charge in [0, 0.05) is 38.2 Å². The predicted octanol–water partition coefficient (Wildman–Crippen LogP) is 2.35. The molecule has 0 spiro atoms. The number of aromatic nitrogens is 3. The van der Waals surface area contributed by atoms with Crippen molar-refractivity contribution in [1.82, 2.24) is 20.3 Å². The zero-order valence-electron chi connectivity index (χ0n) is 13.9. The smallest absolute Gasteiger partial charge is 0.270 e. The minimum absolute atomic E-state index is 0.204. The minimum Gasteiger partial charge on any atom is -0.347 e. The van der Waals surface area contributed by atoms with Gasteiger partial charge in [0.2, 0.25) is 5.95 Å². The molecule has 0 aliphatic carbocycles. The molecule has 6 heteroatoms. The van der Waals surface area contributed by atoms with Crippen LogP contribution >= 0.6 is 0 Å². The van der Waals surface area contributed by atoms with Crippen LogP contribution in [-0.2, 0) is 6.54 Å². The van der Waals surface area contributed by atoms with Crippen molar-refractivity contribution >= 4 is 11.9 Å². The van der Waals surface area contributed by atoms with Crippen LogP contribution in [-0.4, -0.2) is 34.5 Å². The van der Waals surface area contributed by atoms with Gasteiger partial charge in [0.25, 0.3) is 5.91 Å². The van der Waals surface area contributed by atoms with Gasteiger partial charge in [-0.1, -0.05) is 19.4 Å². The topological polar surface area (TPSA) is 71.0 Å². The summed E-state index contributed by atoms with van der Waals surface area (Å²) in [7, 11) is 1.95. The number of unbranched alkanes of at least 4 members (excludes halogenated alkanes) is 1. The second-order valence-corrected chi connectivity index (χ2v) is 5.51. The van der Waals surface area contributed by atoms with Crippen molar-refractivity contribution in [3.8, 4) is 0 Å². The zero-order valence-corrected chi connectivity index (χ0v) is 13.9. The Labute approximate surface area is 137 Å². The first-order valence-corrected chi connectivity index (χ1v) is 7.84. The van der Waals surface area contributed by atoms with Crippen LogP contribution in [0.15, 0.2) is 30.6 Å². The van der Waals surface area contributed by atoms with Gasteiger partial charge in [0.05, 0.1) is 0 Å². The van der Waals surface area contributed by atoms with Crippen molar-refractivity contribution in [1.29, 1.82) is 0 Å². The Morgan fingerprint density at radius 1 is 1.35 bits per heavy atom. The summed E-state index contributed by atoms with van der Waals surface area (Å²) in [6.07, 6.45) is 5.61. The first-order valence-electron chi connectivity index (χ1n) is 7.84. The van der Waals surface area contributed by atoms with E-state index < -0.39 is 0 Å². The molecule has 2 aromatic rings. The Hall–Kier alpha value is -2.50. The molecule has 2 rings (SSSR count). The number of hydrogen-bond donors (Lipinski definition) is 1. The number of anilines is 1. The number of nitrogens with zero attached hydrogens (tertiary/aromatic N) is 4. The predicted molar refractivity (Wildman–Crippen MR) is 90.4 cm³/mol. The number of hydrogen-bond acceptors (Lipinski definition) is 5. The summed E-state index contributed by atoms with van der Waals surface area (Å²) in [5.41, 5.74) is 2.12. The quantitative estimate of drug-likeness (QED) is 0.849. The summed E-state index contributed by atoms with van der Waals surface area (Å²) in [5.74, 6) is 0.384. The standard InChI is InChI=1S/C17H23N5O/c1-4-5-9-22(3)17-20-13(2)10-15(21-17)16(23)19-12-14-7-6-8-18-11-14/h6-8,10-11H,4-5,9,12H2,1-3H3,(H,19,23). The van der Waals surface area contributed by atoms with Gasteiger partial charge in [-0.2, -0.15) is 0 Å². The van der Waals surface area contributed by atoms with Crippen molar-refractivity contribution in [2.75, 3.05) is 18.5 Å². The van der Waals surface area contributed by atoms with Crippen LogP contribution in [0.3, 0.4) is 0 Å². The van der Waals surface area contributed by atoms with Gasteiger partial charge in [-0.15, -0.1) is 0 Å². The highest BCUT2D eigenvalue weighted by Crippen LogP contribution is 2.10. The molecule has 0 saturated heterocycles. The summed E-state index contributed by atoms with van der Waals surface area (Å²) < 4.78 is 0. The van der Waals surface area contributed by atoms with Crippen molar-refractivity contribution in [2.24, 2.45) is 0 Å². The molecular formula is C17H23N5O. The molecule has 122 valence electrons. The van der Waals surface area contributed by atoms with E-state index in [1.54, 1.807) is 18.5 Å². The summed E-state index contributed by atoms with van der Waals surface area (Å²) in [5, 5.41) is 2.86. The van der Waals surface area contributed by atoms with E-state index in [0.29, 0.717) is 18.2 Å². The molecule has 0 bridgehead atoms. The van der Waals surface area contributed by atoms with Crippen LogP contribution in [0.2, 0.25) is 0 Å². The zero-order chi connectivity index (χ0) is 16.7. The molecule has 1 N–H and O–H groups in total. The highest BCUT2D eigenvalue weighted by Gasteiger charge is 2.12. The molecule has 0 fully saturated rings. The van der Waals surface area contributed by atoms with Crippen LogP contribution in [0, 0.1) is 6.92 Å². The lowest BCUT2D eigenvalue weighted by molar-refractivity contribution is 0.0945. The molecule has 23 heavy (non-hydrogen) atoms. The van der Waals surface area contributed by atoms with Gasteiger partial charge in [-0.25, -0.2) is 9.97 Å². The number of aryl methyl sites for hydroxylation is 1. The summed E-state index contributed by atoms with van der Waals surface area (Å²) in [6, 6.07) is 5.47. The average Bonchev–Trinajstić information content (AvgIpc) is 2.57. The summed E-state index contributed by atoms with van der Waals surface area (Å²) in [6.45, 7) is 5.31. The van der Waals surface area contributed by atoms with Gasteiger partial charge >= 0.3 is 0 Å². The van der Waals surface area contributed by atoms with Crippen LogP contribution < -0.4 is 10.2 Å². The fourth-order valence-electron chi connectivity index (χ4n) is 2.11. The Morgan fingerprint density at radius 2 is 2.17 bits per heavy atom. The van der Waals surface area contributed by atoms with E-state index in [-0.39, 0.29) is 5.91 Å². The van der Waals surface area contributed by atoms with E-state index in [2.05, 4.69) is 27.2 Å². The third-order valence-electron chi connectivity index (χ3n) is 3.44. The van der Waals surface area contributed by atoms with Crippen LogP contribution in [0.5, 0.6) is 0 Å². The molecule has 2 heterocycles. The Kier molecular flexibility index (Phi) is 6.02. The molecule has 0 saturated carbocycles. The first kappa shape index (κ1) is 16.9. The minimum atomic E-state index is -0.204. The van der Waals surface area contributed by atoms with E-state index in [9.17, 15) is 4.79 Å². The van der Waals surface area contributed by atoms with E-state index >= 15 is 0 Å². The molecule has 6 nitrogen and oxygen atoms in total. The third kappa shape index (κ3) is 5.02. The highest BCUT2D eigenvalue weighted by atomic mass is 16.1. The molecular weight excluding hydrogens is 290 g/mol. The fourth-order valence-corrected chi connectivity index (χ4v) is 2.11. The third-order valence-corrected chi connectivity index (χ3v) is 3.44. The van der Waals surface area contributed by atoms with E-state index in [1.165, 1.54) is 0 Å². The van der Waals surface area contributed by atoms with E-state index in [1.807, 2.05) is 31.0 Å². The molecule has 2 aromatic heterocycles. The lowest BCUT2D eigenvalue weighted by atomic mass is 10.2. The lowest BCUT2D eigenvalue weighted by Crippen LogP contribution is -2.27. The largest absolute Gasteiger partial charge is 0.347 e. The first-order chi connectivity index (χ1) is 11.1. The van der Waals surface area contributed by atoms with Gasteiger partial charge in [0.1, 0.15) is 5.69 Å². The van der Waals surface area contributed by atoms with E-state index in [0.717, 1.165) is 30.6 Å². The maximum atomic E-state index is 12.3. The molecule has 0 radical (unpaired) electrons. The SMILES string of the molecule is CCCCN(C)c1nc(C)cc(C(=O)NCc2cccnc2)n1. The number of amides is 1. The average molecular weight is 313 g/mol. The number of carbonyl (C=O) groups excluding carboxylic acids is 1. The second-order valence-electron chi connectivity index (χ2n) is 5.51. The number of nitrogens with one attached hydrogen (secondary N) is 1.